The van der Waals surface area contributed by atoms with Gasteiger partial charge in [0.15, 0.2) is 0 Å². The molecule has 0 aliphatic carbocycles. The number of aliphatic hydroxyl groups excluding tert-OH is 1. The maximum Gasteiger partial charge on any atom is 0.263 e. The minimum absolute atomic E-state index is 0.119. The zero-order chi connectivity index (χ0) is 14.0. The summed E-state index contributed by atoms with van der Waals surface area (Å²) < 4.78 is 27.7. The highest BCUT2D eigenvalue weighted by molar-refractivity contribution is 9.10. The number of sulfonamides is 1. The van der Waals surface area contributed by atoms with E-state index in [-0.39, 0.29) is 11.5 Å². The summed E-state index contributed by atoms with van der Waals surface area (Å²) in [5.74, 6) is 0. The number of aryl methyl sites for hydroxylation is 1. The summed E-state index contributed by atoms with van der Waals surface area (Å²) in [5, 5.41) is 10.8. The van der Waals surface area contributed by atoms with Crippen LogP contribution < -0.4 is 4.72 Å². The first-order valence-corrected chi connectivity index (χ1v) is 8.56. The molecule has 19 heavy (non-hydrogen) atoms. The molecule has 0 spiro atoms. The van der Waals surface area contributed by atoms with E-state index in [1.165, 1.54) is 17.4 Å². The number of rotatable bonds is 4. The van der Waals surface area contributed by atoms with Crippen molar-refractivity contribution in [3.63, 3.8) is 0 Å². The van der Waals surface area contributed by atoms with E-state index in [1.54, 1.807) is 17.5 Å². The van der Waals surface area contributed by atoms with E-state index in [0.29, 0.717) is 15.0 Å². The van der Waals surface area contributed by atoms with Crippen LogP contribution >= 0.6 is 27.3 Å². The molecule has 1 heterocycles. The molecule has 2 aromatic rings. The quantitative estimate of drug-likeness (QED) is 0.878. The predicted molar refractivity (Wildman–Crippen MR) is 79.9 cm³/mol. The highest BCUT2D eigenvalue weighted by atomic mass is 79.9. The van der Waals surface area contributed by atoms with Crippen LogP contribution in [0.25, 0.3) is 0 Å². The van der Waals surface area contributed by atoms with Gasteiger partial charge in [-0.3, -0.25) is 4.72 Å². The van der Waals surface area contributed by atoms with Crippen molar-refractivity contribution in [1.29, 1.82) is 0 Å². The van der Waals surface area contributed by atoms with E-state index in [4.69, 9.17) is 5.11 Å². The maximum atomic E-state index is 12.3. The van der Waals surface area contributed by atoms with Crippen LogP contribution in [-0.4, -0.2) is 13.5 Å². The zero-order valence-corrected chi connectivity index (χ0v) is 13.3. The van der Waals surface area contributed by atoms with E-state index in [0.717, 1.165) is 5.56 Å². The lowest BCUT2D eigenvalue weighted by atomic mass is 10.2. The molecule has 0 bridgehead atoms. The van der Waals surface area contributed by atoms with Gasteiger partial charge in [0.05, 0.1) is 17.2 Å². The Morgan fingerprint density at radius 2 is 2.11 bits per heavy atom. The largest absolute Gasteiger partial charge is 0.391 e. The third-order valence-electron chi connectivity index (χ3n) is 2.50. The first-order chi connectivity index (χ1) is 8.94. The monoisotopic (exact) mass is 361 g/mol. The van der Waals surface area contributed by atoms with Crippen molar-refractivity contribution >= 4 is 43.0 Å². The van der Waals surface area contributed by atoms with Gasteiger partial charge < -0.3 is 5.11 Å². The maximum absolute atomic E-state index is 12.3. The summed E-state index contributed by atoms with van der Waals surface area (Å²) in [6.07, 6.45) is 0. The van der Waals surface area contributed by atoms with Crippen LogP contribution in [0.4, 0.5) is 5.69 Å². The van der Waals surface area contributed by atoms with Crippen LogP contribution in [0.3, 0.4) is 0 Å². The molecule has 1 aromatic carbocycles. The highest BCUT2D eigenvalue weighted by Gasteiger charge is 2.20. The lowest BCUT2D eigenvalue weighted by molar-refractivity contribution is 0.282. The van der Waals surface area contributed by atoms with Crippen molar-refractivity contribution in [2.75, 3.05) is 4.72 Å². The molecule has 102 valence electrons. The van der Waals surface area contributed by atoms with Crippen molar-refractivity contribution in [2.24, 2.45) is 0 Å². The fourth-order valence-corrected chi connectivity index (χ4v) is 4.44. The zero-order valence-electron chi connectivity index (χ0n) is 10.1. The fourth-order valence-electron chi connectivity index (χ4n) is 1.60. The minimum Gasteiger partial charge on any atom is -0.391 e. The van der Waals surface area contributed by atoms with Gasteiger partial charge in [-0.05, 0) is 52.0 Å². The molecule has 0 atom stereocenters. The second-order valence-electron chi connectivity index (χ2n) is 3.95. The Hall–Kier alpha value is -0.890. The average Bonchev–Trinajstić information content (AvgIpc) is 2.82. The molecule has 0 radical (unpaired) electrons. The fraction of sp³-hybridized carbons (Fsp3) is 0.167. The molecule has 0 saturated carbocycles. The number of hydrogen-bond donors (Lipinski definition) is 2. The minimum atomic E-state index is -3.68. The topological polar surface area (TPSA) is 66.4 Å². The van der Waals surface area contributed by atoms with Crippen LogP contribution in [0.15, 0.2) is 39.0 Å². The SMILES string of the molecule is Cc1ccc(Br)c(NS(=O)(=O)c2ccsc2CO)c1. The van der Waals surface area contributed by atoms with E-state index >= 15 is 0 Å². The van der Waals surface area contributed by atoms with Gasteiger partial charge in [-0.2, -0.15) is 0 Å². The van der Waals surface area contributed by atoms with Crippen LogP contribution in [0.2, 0.25) is 0 Å². The van der Waals surface area contributed by atoms with Crippen molar-refractivity contribution in [3.8, 4) is 0 Å². The van der Waals surface area contributed by atoms with Gasteiger partial charge in [-0.25, -0.2) is 8.42 Å². The normalized spacial score (nSPS) is 11.5. The molecule has 2 N–H and O–H groups in total. The Kier molecular flexibility index (Phi) is 4.29. The van der Waals surface area contributed by atoms with E-state index in [1.807, 2.05) is 13.0 Å². The van der Waals surface area contributed by atoms with Gasteiger partial charge in [0.1, 0.15) is 4.90 Å². The number of halogens is 1. The molecule has 7 heteroatoms. The lowest BCUT2D eigenvalue weighted by Crippen LogP contribution is -2.14. The van der Waals surface area contributed by atoms with Crippen molar-refractivity contribution < 1.29 is 13.5 Å². The summed E-state index contributed by atoms with van der Waals surface area (Å²) in [6.45, 7) is 1.59. The second-order valence-corrected chi connectivity index (χ2v) is 7.46. The van der Waals surface area contributed by atoms with E-state index in [9.17, 15) is 8.42 Å². The number of hydrogen-bond acceptors (Lipinski definition) is 4. The molecular formula is C12H12BrNO3S2. The van der Waals surface area contributed by atoms with Gasteiger partial charge in [0, 0.05) is 4.47 Å². The van der Waals surface area contributed by atoms with Crippen LogP contribution in [-0.2, 0) is 16.6 Å². The summed E-state index contributed by atoms with van der Waals surface area (Å²) in [5.41, 5.74) is 1.43. The average molecular weight is 362 g/mol. The Morgan fingerprint density at radius 1 is 1.37 bits per heavy atom. The molecule has 0 aliphatic heterocycles. The second kappa shape index (κ2) is 5.62. The molecule has 2 rings (SSSR count). The summed E-state index contributed by atoms with van der Waals surface area (Å²) in [7, 11) is -3.68. The lowest BCUT2D eigenvalue weighted by Gasteiger charge is -2.10. The van der Waals surface area contributed by atoms with Crippen molar-refractivity contribution in [3.05, 3.63) is 44.6 Å². The number of benzene rings is 1. The molecule has 1 aromatic heterocycles. The Labute approximate surface area is 124 Å². The molecule has 0 amide bonds. The summed E-state index contributed by atoms with van der Waals surface area (Å²) in [4.78, 5) is 0.546. The molecule has 0 fully saturated rings. The van der Waals surface area contributed by atoms with Gasteiger partial charge in [-0.1, -0.05) is 6.07 Å². The van der Waals surface area contributed by atoms with Crippen molar-refractivity contribution in [2.45, 2.75) is 18.4 Å². The highest BCUT2D eigenvalue weighted by Crippen LogP contribution is 2.28. The van der Waals surface area contributed by atoms with Crippen molar-refractivity contribution in [1.82, 2.24) is 0 Å². The number of nitrogens with one attached hydrogen (secondary N) is 1. The van der Waals surface area contributed by atoms with Gasteiger partial charge in [0.25, 0.3) is 10.0 Å². The third-order valence-corrected chi connectivity index (χ3v) is 5.68. The first kappa shape index (κ1) is 14.5. The van der Waals surface area contributed by atoms with Gasteiger partial charge >= 0.3 is 0 Å². The number of thiophene rings is 1. The number of anilines is 1. The van der Waals surface area contributed by atoms with Gasteiger partial charge in [0.2, 0.25) is 0 Å². The van der Waals surface area contributed by atoms with E-state index in [2.05, 4.69) is 20.7 Å². The first-order valence-electron chi connectivity index (χ1n) is 5.40. The van der Waals surface area contributed by atoms with Crippen LogP contribution in [0, 0.1) is 6.92 Å². The van der Waals surface area contributed by atoms with Crippen LogP contribution in [0.5, 0.6) is 0 Å². The van der Waals surface area contributed by atoms with Gasteiger partial charge in [-0.15, -0.1) is 11.3 Å². The molecule has 0 saturated heterocycles. The Bertz CT molecular complexity index is 695. The predicted octanol–water partition coefficient (Wildman–Crippen LogP) is 3.11. The smallest absolute Gasteiger partial charge is 0.263 e. The standard InChI is InChI=1S/C12H12BrNO3S2/c1-8-2-3-9(13)10(6-8)14-19(16,17)12-4-5-18-11(12)7-15/h2-6,14-15H,7H2,1H3. The van der Waals surface area contributed by atoms with Crippen LogP contribution in [0.1, 0.15) is 10.4 Å². The molecular weight excluding hydrogens is 350 g/mol. The summed E-state index contributed by atoms with van der Waals surface area (Å²) in [6, 6.07) is 6.90. The molecule has 4 nitrogen and oxygen atoms in total. The third kappa shape index (κ3) is 3.17. The van der Waals surface area contributed by atoms with E-state index < -0.39 is 10.0 Å². The Balaban J connectivity index is 2.39. The summed E-state index contributed by atoms with van der Waals surface area (Å²) >= 11 is 4.52. The molecule has 0 aliphatic rings. The molecule has 0 unspecified atom stereocenters. The number of aliphatic hydroxyl groups is 1. The Morgan fingerprint density at radius 3 is 2.79 bits per heavy atom.